The molecular formula is C18H23ClNO2+. The summed E-state index contributed by atoms with van der Waals surface area (Å²) in [5.74, 6) is 0. The van der Waals surface area contributed by atoms with Crippen molar-refractivity contribution >= 4 is 22.6 Å². The second-order valence-corrected chi connectivity index (χ2v) is 7.47. The van der Waals surface area contributed by atoms with Crippen LogP contribution in [0.2, 0.25) is 5.02 Å². The molecule has 4 heteroatoms. The lowest BCUT2D eigenvalue weighted by Gasteiger charge is -2.36. The Bertz CT molecular complexity index is 758. The minimum absolute atomic E-state index is 0.282. The molecule has 0 bridgehead atoms. The summed E-state index contributed by atoms with van der Waals surface area (Å²) in [5.41, 5.74) is 2.32. The maximum Gasteiger partial charge on any atom is 0.336 e. The predicted octanol–water partition coefficient (Wildman–Crippen LogP) is 4.27. The van der Waals surface area contributed by atoms with E-state index in [2.05, 4.69) is 14.1 Å². The van der Waals surface area contributed by atoms with Gasteiger partial charge in [0.1, 0.15) is 12.1 Å². The van der Waals surface area contributed by atoms with E-state index in [0.717, 1.165) is 27.5 Å². The number of hydrogen-bond acceptors (Lipinski definition) is 2. The van der Waals surface area contributed by atoms with Crippen molar-refractivity contribution in [2.45, 2.75) is 45.2 Å². The molecule has 22 heavy (non-hydrogen) atoms. The monoisotopic (exact) mass is 320 g/mol. The summed E-state index contributed by atoms with van der Waals surface area (Å²) in [4.78, 5) is 11.9. The SMILES string of the molecule is Cc1cc2oc(=O)cc(C[N+](C)(C)C3CCCC3)c2cc1Cl. The number of benzene rings is 1. The van der Waals surface area contributed by atoms with Crippen molar-refractivity contribution in [3.8, 4) is 0 Å². The summed E-state index contributed by atoms with van der Waals surface area (Å²) in [6.07, 6.45) is 5.17. The highest BCUT2D eigenvalue weighted by atomic mass is 35.5. The van der Waals surface area contributed by atoms with Crippen LogP contribution >= 0.6 is 11.6 Å². The van der Waals surface area contributed by atoms with Gasteiger partial charge in [0.05, 0.1) is 20.1 Å². The molecule has 1 aliphatic rings. The zero-order valence-corrected chi connectivity index (χ0v) is 14.2. The first kappa shape index (κ1) is 15.6. The standard InChI is InChI=1S/C18H23ClNO2/c1-12-8-17-15(10-16(12)19)13(9-18(21)22-17)11-20(2,3)14-6-4-5-7-14/h8-10,14H,4-7,11H2,1-3H3/q+1. The minimum Gasteiger partial charge on any atom is -0.423 e. The van der Waals surface area contributed by atoms with Gasteiger partial charge in [0.15, 0.2) is 0 Å². The van der Waals surface area contributed by atoms with Gasteiger partial charge >= 0.3 is 5.63 Å². The second kappa shape index (κ2) is 5.71. The van der Waals surface area contributed by atoms with E-state index in [4.69, 9.17) is 16.0 Å². The predicted molar refractivity (Wildman–Crippen MR) is 90.3 cm³/mol. The van der Waals surface area contributed by atoms with Gasteiger partial charge in [0.25, 0.3) is 0 Å². The fourth-order valence-electron chi connectivity index (χ4n) is 3.65. The van der Waals surface area contributed by atoms with Gasteiger partial charge in [-0.15, -0.1) is 0 Å². The van der Waals surface area contributed by atoms with E-state index in [1.165, 1.54) is 25.7 Å². The van der Waals surface area contributed by atoms with Crippen LogP contribution in [0, 0.1) is 6.92 Å². The van der Waals surface area contributed by atoms with Crippen LogP contribution in [0.4, 0.5) is 0 Å². The Balaban J connectivity index is 2.06. The largest absolute Gasteiger partial charge is 0.423 e. The quantitative estimate of drug-likeness (QED) is 0.624. The summed E-state index contributed by atoms with van der Waals surface area (Å²) >= 11 is 6.27. The third-order valence-corrected chi connectivity index (χ3v) is 5.41. The van der Waals surface area contributed by atoms with Crippen LogP contribution < -0.4 is 5.63 Å². The number of halogens is 1. The lowest BCUT2D eigenvalue weighted by atomic mass is 10.1. The fraction of sp³-hybridized carbons (Fsp3) is 0.500. The average Bonchev–Trinajstić information content (AvgIpc) is 2.95. The van der Waals surface area contributed by atoms with E-state index < -0.39 is 0 Å². The van der Waals surface area contributed by atoms with Crippen molar-refractivity contribution in [2.75, 3.05) is 14.1 Å². The highest BCUT2D eigenvalue weighted by Crippen LogP contribution is 2.31. The third-order valence-electron chi connectivity index (χ3n) is 5.00. The van der Waals surface area contributed by atoms with Gasteiger partial charge in [-0.25, -0.2) is 4.79 Å². The van der Waals surface area contributed by atoms with Crippen LogP contribution in [-0.2, 0) is 6.54 Å². The summed E-state index contributed by atoms with van der Waals surface area (Å²) in [6.45, 7) is 2.75. The molecular weight excluding hydrogens is 298 g/mol. The van der Waals surface area contributed by atoms with Gasteiger partial charge in [-0.05, 0) is 50.3 Å². The van der Waals surface area contributed by atoms with E-state index in [1.54, 1.807) is 6.07 Å². The van der Waals surface area contributed by atoms with E-state index in [9.17, 15) is 4.79 Å². The molecule has 118 valence electrons. The van der Waals surface area contributed by atoms with E-state index in [-0.39, 0.29) is 5.63 Å². The number of hydrogen-bond donors (Lipinski definition) is 0. The van der Waals surface area contributed by atoms with Gasteiger partial charge in [-0.3, -0.25) is 0 Å². The molecule has 1 heterocycles. The molecule has 1 aromatic carbocycles. The lowest BCUT2D eigenvalue weighted by Crippen LogP contribution is -2.46. The maximum absolute atomic E-state index is 11.9. The number of rotatable bonds is 3. The zero-order valence-electron chi connectivity index (χ0n) is 13.5. The summed E-state index contributed by atoms with van der Waals surface area (Å²) in [7, 11) is 4.51. The molecule has 1 saturated carbocycles. The molecule has 1 aliphatic carbocycles. The molecule has 3 nitrogen and oxygen atoms in total. The van der Waals surface area contributed by atoms with Crippen LogP contribution in [0.25, 0.3) is 11.0 Å². The molecule has 0 atom stereocenters. The van der Waals surface area contributed by atoms with Crippen LogP contribution in [0.1, 0.15) is 36.8 Å². The van der Waals surface area contributed by atoms with E-state index >= 15 is 0 Å². The van der Waals surface area contributed by atoms with Crippen LogP contribution in [0.5, 0.6) is 0 Å². The Morgan fingerprint density at radius 1 is 1.23 bits per heavy atom. The van der Waals surface area contributed by atoms with Crippen molar-refractivity contribution in [3.63, 3.8) is 0 Å². The number of quaternary nitrogens is 1. The Kier molecular flexibility index (Phi) is 4.04. The molecule has 0 aliphatic heterocycles. The first-order valence-electron chi connectivity index (χ1n) is 7.92. The van der Waals surface area contributed by atoms with Gasteiger partial charge in [-0.2, -0.15) is 0 Å². The van der Waals surface area contributed by atoms with Crippen molar-refractivity contribution in [1.29, 1.82) is 0 Å². The minimum atomic E-state index is -0.282. The highest BCUT2D eigenvalue weighted by Gasteiger charge is 2.32. The summed E-state index contributed by atoms with van der Waals surface area (Å²) < 4.78 is 6.26. The average molecular weight is 321 g/mol. The van der Waals surface area contributed by atoms with Gasteiger partial charge in [0, 0.05) is 22.0 Å². The molecule has 2 aromatic rings. The number of nitrogens with zero attached hydrogens (tertiary/aromatic N) is 1. The van der Waals surface area contributed by atoms with Gasteiger partial charge in [0.2, 0.25) is 0 Å². The first-order valence-corrected chi connectivity index (χ1v) is 8.30. The Morgan fingerprint density at radius 3 is 2.59 bits per heavy atom. The Morgan fingerprint density at radius 2 is 1.91 bits per heavy atom. The van der Waals surface area contributed by atoms with Crippen LogP contribution in [-0.4, -0.2) is 24.6 Å². The second-order valence-electron chi connectivity index (χ2n) is 7.06. The van der Waals surface area contributed by atoms with Crippen molar-refractivity contribution in [2.24, 2.45) is 0 Å². The number of aryl methyl sites for hydroxylation is 1. The smallest absolute Gasteiger partial charge is 0.336 e. The fourth-order valence-corrected chi connectivity index (χ4v) is 3.81. The molecule has 0 spiro atoms. The Hall–Kier alpha value is -1.32. The lowest BCUT2D eigenvalue weighted by molar-refractivity contribution is -0.927. The Labute approximate surface area is 136 Å². The normalized spacial score (nSPS) is 16.5. The zero-order chi connectivity index (χ0) is 15.9. The van der Waals surface area contributed by atoms with Crippen molar-refractivity contribution in [3.05, 3.63) is 44.8 Å². The molecule has 3 rings (SSSR count). The molecule has 0 unspecified atom stereocenters. The first-order chi connectivity index (χ1) is 10.4. The van der Waals surface area contributed by atoms with E-state index in [0.29, 0.717) is 16.6 Å². The summed E-state index contributed by atoms with van der Waals surface area (Å²) in [6, 6.07) is 6.09. The molecule has 0 amide bonds. The van der Waals surface area contributed by atoms with Gasteiger partial charge < -0.3 is 8.90 Å². The molecule has 1 fully saturated rings. The number of fused-ring (bicyclic) bond motifs is 1. The van der Waals surface area contributed by atoms with Crippen LogP contribution in [0.15, 0.2) is 27.4 Å². The molecule has 1 aromatic heterocycles. The van der Waals surface area contributed by atoms with E-state index in [1.807, 2.05) is 19.1 Å². The topological polar surface area (TPSA) is 30.2 Å². The third kappa shape index (κ3) is 2.92. The van der Waals surface area contributed by atoms with Crippen molar-refractivity contribution in [1.82, 2.24) is 0 Å². The molecule has 0 saturated heterocycles. The highest BCUT2D eigenvalue weighted by molar-refractivity contribution is 6.32. The van der Waals surface area contributed by atoms with Gasteiger partial charge in [-0.1, -0.05) is 11.6 Å². The maximum atomic E-state index is 11.9. The summed E-state index contributed by atoms with van der Waals surface area (Å²) in [5, 5.41) is 1.67. The molecule has 0 N–H and O–H groups in total. The molecule has 0 radical (unpaired) electrons. The van der Waals surface area contributed by atoms with Crippen LogP contribution in [0.3, 0.4) is 0 Å². The van der Waals surface area contributed by atoms with Crippen molar-refractivity contribution < 1.29 is 8.90 Å².